The van der Waals surface area contributed by atoms with Gasteiger partial charge in [0.1, 0.15) is 0 Å². The summed E-state index contributed by atoms with van der Waals surface area (Å²) in [4.78, 5) is 51.3. The van der Waals surface area contributed by atoms with Gasteiger partial charge in [0.25, 0.3) is 5.91 Å². The molecule has 0 aliphatic carbocycles. The third kappa shape index (κ3) is 4.90. The molecule has 4 rings (SSSR count). The number of benzene rings is 2. The lowest BCUT2D eigenvalue weighted by molar-refractivity contribution is -0.121. The number of rotatable bonds is 6. The number of nitrogens with one attached hydrogen (secondary N) is 2. The maximum absolute atomic E-state index is 12.9. The van der Waals surface area contributed by atoms with Crippen molar-refractivity contribution in [3.05, 3.63) is 70.9 Å². The minimum Gasteiger partial charge on any atom is -0.326 e. The third-order valence-electron chi connectivity index (χ3n) is 4.69. The van der Waals surface area contributed by atoms with Crippen LogP contribution >= 0.6 is 23.1 Å². The molecule has 7 nitrogen and oxygen atoms in total. The summed E-state index contributed by atoms with van der Waals surface area (Å²) in [5, 5.41) is 6.80. The molecule has 1 unspecified atom stereocenters. The summed E-state index contributed by atoms with van der Waals surface area (Å²) in [5.74, 6) is -0.904. The van der Waals surface area contributed by atoms with Crippen LogP contribution in [0.15, 0.2) is 70.9 Å². The molecule has 4 amide bonds. The maximum Gasteiger partial charge on any atom is 0.265 e. The van der Waals surface area contributed by atoms with Gasteiger partial charge < -0.3 is 10.6 Å². The molecule has 1 saturated heterocycles. The van der Waals surface area contributed by atoms with Gasteiger partial charge in [0.15, 0.2) is 0 Å². The van der Waals surface area contributed by atoms with Gasteiger partial charge in [-0.1, -0.05) is 6.07 Å². The van der Waals surface area contributed by atoms with Gasteiger partial charge in [-0.05, 0) is 60.0 Å². The van der Waals surface area contributed by atoms with Gasteiger partial charge in [-0.2, -0.15) is 0 Å². The highest BCUT2D eigenvalue weighted by molar-refractivity contribution is 8.00. The smallest absolute Gasteiger partial charge is 0.265 e. The van der Waals surface area contributed by atoms with Crippen molar-refractivity contribution in [2.45, 2.75) is 23.5 Å². The van der Waals surface area contributed by atoms with Crippen LogP contribution in [0.1, 0.15) is 23.0 Å². The average molecular weight is 466 g/mol. The molecule has 3 aromatic rings. The zero-order valence-corrected chi connectivity index (χ0v) is 18.7. The van der Waals surface area contributed by atoms with Crippen molar-refractivity contribution < 1.29 is 19.2 Å². The van der Waals surface area contributed by atoms with Gasteiger partial charge in [-0.25, -0.2) is 4.90 Å². The Morgan fingerprint density at radius 1 is 0.969 bits per heavy atom. The van der Waals surface area contributed by atoms with Gasteiger partial charge >= 0.3 is 0 Å². The summed E-state index contributed by atoms with van der Waals surface area (Å²) in [6, 6.07) is 17.3. The van der Waals surface area contributed by atoms with E-state index in [1.54, 1.807) is 42.5 Å². The summed E-state index contributed by atoms with van der Waals surface area (Å²) < 4.78 is 0. The fraction of sp³-hybridized carbons (Fsp3) is 0.130. The second-order valence-electron chi connectivity index (χ2n) is 7.06. The summed E-state index contributed by atoms with van der Waals surface area (Å²) in [6.45, 7) is 1.41. The molecule has 9 heteroatoms. The lowest BCUT2D eigenvalue weighted by Crippen LogP contribution is -2.31. The number of thiophene rings is 1. The van der Waals surface area contributed by atoms with Crippen LogP contribution in [0.4, 0.5) is 17.1 Å². The average Bonchev–Trinajstić information content (AvgIpc) is 3.39. The number of carbonyl (C=O) groups is 4. The van der Waals surface area contributed by atoms with Crippen LogP contribution in [-0.4, -0.2) is 28.9 Å². The normalized spacial score (nSPS) is 15.7. The lowest BCUT2D eigenvalue weighted by atomic mass is 10.2. The van der Waals surface area contributed by atoms with E-state index in [0.717, 1.165) is 4.90 Å². The maximum atomic E-state index is 12.9. The molecule has 2 aromatic carbocycles. The fourth-order valence-electron chi connectivity index (χ4n) is 3.25. The number of hydrogen-bond donors (Lipinski definition) is 2. The molecule has 162 valence electrons. The van der Waals surface area contributed by atoms with Crippen LogP contribution in [0, 0.1) is 0 Å². The van der Waals surface area contributed by atoms with Crippen molar-refractivity contribution in [3.63, 3.8) is 0 Å². The highest BCUT2D eigenvalue weighted by Crippen LogP contribution is 2.34. The highest BCUT2D eigenvalue weighted by Gasteiger charge is 2.40. The van der Waals surface area contributed by atoms with Crippen LogP contribution in [0.25, 0.3) is 0 Å². The Kier molecular flexibility index (Phi) is 6.38. The van der Waals surface area contributed by atoms with E-state index < -0.39 is 5.25 Å². The Bertz CT molecular complexity index is 1160. The molecule has 2 heterocycles. The predicted molar refractivity (Wildman–Crippen MR) is 126 cm³/mol. The van der Waals surface area contributed by atoms with E-state index in [1.807, 2.05) is 23.6 Å². The molecule has 0 spiro atoms. The molecule has 1 aliphatic heterocycles. The zero-order chi connectivity index (χ0) is 22.7. The Morgan fingerprint density at radius 3 is 2.25 bits per heavy atom. The summed E-state index contributed by atoms with van der Waals surface area (Å²) in [7, 11) is 0. The zero-order valence-electron chi connectivity index (χ0n) is 17.0. The van der Waals surface area contributed by atoms with Crippen LogP contribution in [0.2, 0.25) is 0 Å². The Morgan fingerprint density at radius 2 is 1.62 bits per heavy atom. The molecule has 32 heavy (non-hydrogen) atoms. The van der Waals surface area contributed by atoms with E-state index in [2.05, 4.69) is 10.6 Å². The Hall–Kier alpha value is -3.43. The van der Waals surface area contributed by atoms with E-state index in [1.165, 1.54) is 34.9 Å². The SMILES string of the molecule is CC(=O)Nc1ccc(N2C(=O)CC(Sc3ccc(NC(=O)c4cccs4)cc3)C2=O)cc1. The Balaban J connectivity index is 1.39. The van der Waals surface area contributed by atoms with Crippen molar-refractivity contribution in [3.8, 4) is 0 Å². The molecule has 1 aromatic heterocycles. The van der Waals surface area contributed by atoms with Gasteiger partial charge in [0.05, 0.1) is 15.8 Å². The number of nitrogens with zero attached hydrogens (tertiary/aromatic N) is 1. The molecule has 0 radical (unpaired) electrons. The number of hydrogen-bond acceptors (Lipinski definition) is 6. The highest BCUT2D eigenvalue weighted by atomic mass is 32.2. The van der Waals surface area contributed by atoms with E-state index in [4.69, 9.17) is 0 Å². The minimum atomic E-state index is -0.524. The van der Waals surface area contributed by atoms with Crippen molar-refractivity contribution in [2.24, 2.45) is 0 Å². The largest absolute Gasteiger partial charge is 0.326 e. The van der Waals surface area contributed by atoms with Crippen molar-refractivity contribution >= 4 is 63.8 Å². The summed E-state index contributed by atoms with van der Waals surface area (Å²) in [5.41, 5.74) is 1.73. The number of amides is 4. The van der Waals surface area contributed by atoms with Crippen LogP contribution in [0.5, 0.6) is 0 Å². The molecule has 1 atom stereocenters. The fourth-order valence-corrected chi connectivity index (χ4v) is 4.92. The predicted octanol–water partition coefficient (Wildman–Crippen LogP) is 4.38. The van der Waals surface area contributed by atoms with Crippen molar-refractivity contribution in [1.29, 1.82) is 0 Å². The van der Waals surface area contributed by atoms with E-state index in [9.17, 15) is 19.2 Å². The third-order valence-corrected chi connectivity index (χ3v) is 6.75. The van der Waals surface area contributed by atoms with Gasteiger partial charge in [-0.15, -0.1) is 23.1 Å². The molecule has 0 saturated carbocycles. The second-order valence-corrected chi connectivity index (χ2v) is 9.29. The van der Waals surface area contributed by atoms with Crippen LogP contribution in [0.3, 0.4) is 0 Å². The van der Waals surface area contributed by atoms with Crippen molar-refractivity contribution in [2.75, 3.05) is 15.5 Å². The van der Waals surface area contributed by atoms with E-state index >= 15 is 0 Å². The van der Waals surface area contributed by atoms with E-state index in [0.29, 0.717) is 21.9 Å². The lowest BCUT2D eigenvalue weighted by Gasteiger charge is -2.15. The monoisotopic (exact) mass is 465 g/mol. The molecule has 1 fully saturated rings. The minimum absolute atomic E-state index is 0.105. The first kappa shape index (κ1) is 21.8. The topological polar surface area (TPSA) is 95.6 Å². The molecule has 2 N–H and O–H groups in total. The number of anilines is 3. The number of carbonyl (C=O) groups excluding carboxylic acids is 4. The van der Waals surface area contributed by atoms with Crippen molar-refractivity contribution in [1.82, 2.24) is 0 Å². The molecule has 0 bridgehead atoms. The first-order chi connectivity index (χ1) is 15.4. The number of imide groups is 1. The molecular weight excluding hydrogens is 446 g/mol. The molecular formula is C23H19N3O4S2. The quantitative estimate of drug-likeness (QED) is 0.527. The van der Waals surface area contributed by atoms with Crippen LogP contribution < -0.4 is 15.5 Å². The first-order valence-corrected chi connectivity index (χ1v) is 11.5. The first-order valence-electron chi connectivity index (χ1n) is 9.77. The summed E-state index contributed by atoms with van der Waals surface area (Å²) >= 11 is 2.69. The summed E-state index contributed by atoms with van der Waals surface area (Å²) in [6.07, 6.45) is 0.105. The van der Waals surface area contributed by atoms with Gasteiger partial charge in [-0.3, -0.25) is 19.2 Å². The molecule has 1 aliphatic rings. The second kappa shape index (κ2) is 9.37. The van der Waals surface area contributed by atoms with Gasteiger partial charge in [0, 0.05) is 29.6 Å². The Labute approximate surface area is 192 Å². The van der Waals surface area contributed by atoms with Crippen LogP contribution in [-0.2, 0) is 14.4 Å². The van der Waals surface area contributed by atoms with E-state index in [-0.39, 0.29) is 30.0 Å². The standard InChI is InChI=1S/C23H19N3O4S2/c1-14(27)24-15-4-8-17(9-5-15)26-21(28)13-20(23(26)30)32-18-10-6-16(7-11-18)25-22(29)19-3-2-12-31-19/h2-12,20H,13H2,1H3,(H,24,27)(H,25,29). The number of thioether (sulfide) groups is 1. The van der Waals surface area contributed by atoms with Gasteiger partial charge in [0.2, 0.25) is 17.7 Å².